The molecule has 1 rings (SSSR count). The molecule has 1 heterocycles. The van der Waals surface area contributed by atoms with Crippen LogP contribution in [0.1, 0.15) is 6.92 Å². The first-order valence-corrected chi connectivity index (χ1v) is 4.36. The molecule has 0 aliphatic carbocycles. The van der Waals surface area contributed by atoms with Crippen LogP contribution in [0.25, 0.3) is 0 Å². The molecular weight excluding hydrogens is 200 g/mol. The average Bonchev–Trinajstić information content (AvgIpc) is 2.19. The molecule has 15 heavy (non-hydrogen) atoms. The van der Waals surface area contributed by atoms with Crippen molar-refractivity contribution in [1.29, 1.82) is 0 Å². The van der Waals surface area contributed by atoms with Crippen molar-refractivity contribution in [3.05, 3.63) is 16.7 Å². The summed E-state index contributed by atoms with van der Waals surface area (Å²) in [6.45, 7) is 1.93. The Morgan fingerprint density at radius 3 is 2.93 bits per heavy atom. The van der Waals surface area contributed by atoms with Gasteiger partial charge in [-0.25, -0.2) is 4.98 Å². The van der Waals surface area contributed by atoms with Gasteiger partial charge in [0.25, 0.3) is 5.56 Å². The predicted octanol–water partition coefficient (Wildman–Crippen LogP) is -0.737. The zero-order valence-electron chi connectivity index (χ0n) is 8.23. The molecule has 7 nitrogen and oxygen atoms in total. The highest BCUT2D eigenvalue weighted by atomic mass is 16.4. The maximum atomic E-state index is 11.2. The first-order chi connectivity index (χ1) is 7.06. The molecule has 0 aliphatic heterocycles. The van der Waals surface area contributed by atoms with Crippen molar-refractivity contribution < 1.29 is 9.90 Å². The lowest BCUT2D eigenvalue weighted by molar-refractivity contribution is -0.135. The molecule has 0 aliphatic rings. The van der Waals surface area contributed by atoms with Gasteiger partial charge in [-0.05, 0) is 6.92 Å². The summed E-state index contributed by atoms with van der Waals surface area (Å²) in [4.78, 5) is 29.3. The normalized spacial score (nSPS) is 9.93. The molecule has 7 heteroatoms. The van der Waals surface area contributed by atoms with Gasteiger partial charge >= 0.3 is 5.97 Å². The Kier molecular flexibility index (Phi) is 3.27. The number of carboxylic acids is 1. The fourth-order valence-corrected chi connectivity index (χ4v) is 1.15. The Morgan fingerprint density at radius 1 is 1.73 bits per heavy atom. The molecule has 0 unspecified atom stereocenters. The number of aliphatic carboxylic acids is 1. The van der Waals surface area contributed by atoms with Crippen molar-refractivity contribution >= 4 is 17.5 Å². The van der Waals surface area contributed by atoms with E-state index < -0.39 is 11.5 Å². The minimum atomic E-state index is -1.00. The van der Waals surface area contributed by atoms with Crippen LogP contribution in [0, 0.1) is 0 Å². The Labute approximate surface area is 85.5 Å². The largest absolute Gasteiger partial charge is 0.480 e. The van der Waals surface area contributed by atoms with Crippen LogP contribution in [0.2, 0.25) is 0 Å². The van der Waals surface area contributed by atoms with Gasteiger partial charge in [-0.1, -0.05) is 0 Å². The lowest BCUT2D eigenvalue weighted by Gasteiger charge is -2.20. The highest BCUT2D eigenvalue weighted by Crippen LogP contribution is 2.13. The zero-order chi connectivity index (χ0) is 11.4. The van der Waals surface area contributed by atoms with Gasteiger partial charge in [0.15, 0.2) is 5.82 Å². The van der Waals surface area contributed by atoms with Crippen LogP contribution in [0.5, 0.6) is 0 Å². The molecule has 4 N–H and O–H groups in total. The molecule has 1 aromatic heterocycles. The molecule has 0 fully saturated rings. The number of rotatable bonds is 4. The van der Waals surface area contributed by atoms with Crippen molar-refractivity contribution in [3.8, 4) is 0 Å². The van der Waals surface area contributed by atoms with E-state index in [2.05, 4.69) is 9.97 Å². The van der Waals surface area contributed by atoms with E-state index in [4.69, 9.17) is 10.8 Å². The molecule has 0 atom stereocenters. The minimum absolute atomic E-state index is 0.0689. The summed E-state index contributed by atoms with van der Waals surface area (Å²) in [5.74, 6) is -0.804. The van der Waals surface area contributed by atoms with Crippen LogP contribution < -0.4 is 16.2 Å². The maximum Gasteiger partial charge on any atom is 0.323 e. The van der Waals surface area contributed by atoms with Gasteiger partial charge in [-0.15, -0.1) is 0 Å². The predicted molar refractivity (Wildman–Crippen MR) is 54.8 cm³/mol. The van der Waals surface area contributed by atoms with E-state index in [0.29, 0.717) is 6.54 Å². The summed E-state index contributed by atoms with van der Waals surface area (Å²) in [7, 11) is 0. The molecule has 1 aromatic rings. The standard InChI is InChI=1S/C8H12N4O3/c1-2-12(3-5(13)14)7-6(9)8(15)11-4-10-7/h4H,2-3,9H2,1H3,(H,13,14)(H,10,11,15). The topological polar surface area (TPSA) is 112 Å². The highest BCUT2D eigenvalue weighted by molar-refractivity contribution is 5.75. The second kappa shape index (κ2) is 4.45. The number of carbonyl (C=O) groups is 1. The molecule has 0 radical (unpaired) electrons. The van der Waals surface area contributed by atoms with Crippen molar-refractivity contribution in [3.63, 3.8) is 0 Å². The van der Waals surface area contributed by atoms with E-state index in [9.17, 15) is 9.59 Å². The number of likely N-dealkylation sites (N-methyl/N-ethyl adjacent to an activating group) is 1. The van der Waals surface area contributed by atoms with Crippen LogP contribution in [0.15, 0.2) is 11.1 Å². The SMILES string of the molecule is CCN(CC(=O)O)c1nc[nH]c(=O)c1N. The van der Waals surface area contributed by atoms with Gasteiger partial charge in [0.1, 0.15) is 12.2 Å². The minimum Gasteiger partial charge on any atom is -0.480 e. The Hall–Kier alpha value is -2.05. The van der Waals surface area contributed by atoms with Crippen LogP contribution >= 0.6 is 0 Å². The monoisotopic (exact) mass is 212 g/mol. The quantitative estimate of drug-likeness (QED) is 0.606. The number of nitrogens with two attached hydrogens (primary N) is 1. The van der Waals surface area contributed by atoms with Gasteiger partial charge in [-0.2, -0.15) is 0 Å². The first kappa shape index (κ1) is 11.0. The van der Waals surface area contributed by atoms with Crippen molar-refractivity contribution in [2.24, 2.45) is 0 Å². The number of nitrogens with zero attached hydrogens (tertiary/aromatic N) is 2. The number of hydrogen-bond donors (Lipinski definition) is 3. The fourth-order valence-electron chi connectivity index (χ4n) is 1.15. The molecule has 0 bridgehead atoms. The van der Waals surface area contributed by atoms with Crippen LogP contribution in [0.3, 0.4) is 0 Å². The number of carboxylic acid groups (broad SMARTS) is 1. The Morgan fingerprint density at radius 2 is 2.40 bits per heavy atom. The Balaban J connectivity index is 3.07. The van der Waals surface area contributed by atoms with Crippen molar-refractivity contribution in [1.82, 2.24) is 9.97 Å². The van der Waals surface area contributed by atoms with Gasteiger partial charge < -0.3 is 20.7 Å². The molecule has 0 spiro atoms. The second-order valence-electron chi connectivity index (χ2n) is 2.88. The van der Waals surface area contributed by atoms with Crippen LogP contribution in [0.4, 0.5) is 11.5 Å². The second-order valence-corrected chi connectivity index (χ2v) is 2.88. The van der Waals surface area contributed by atoms with Gasteiger partial charge in [0.2, 0.25) is 0 Å². The number of hydrogen-bond acceptors (Lipinski definition) is 5. The summed E-state index contributed by atoms with van der Waals surface area (Å²) in [5, 5.41) is 8.64. The molecular formula is C8H12N4O3. The lowest BCUT2D eigenvalue weighted by atomic mass is 10.4. The van der Waals surface area contributed by atoms with E-state index in [0.717, 1.165) is 0 Å². The molecule has 0 saturated carbocycles. The third-order valence-corrected chi connectivity index (χ3v) is 1.88. The van der Waals surface area contributed by atoms with E-state index in [1.807, 2.05) is 0 Å². The number of aromatic amines is 1. The summed E-state index contributed by atoms with van der Waals surface area (Å²) in [5.41, 5.74) is 4.96. The number of aromatic nitrogens is 2. The number of anilines is 2. The van der Waals surface area contributed by atoms with Crippen LogP contribution in [-0.2, 0) is 4.79 Å². The molecule has 0 saturated heterocycles. The lowest BCUT2D eigenvalue weighted by Crippen LogP contribution is -2.32. The van der Waals surface area contributed by atoms with Gasteiger partial charge in [0.05, 0.1) is 6.33 Å². The fraction of sp³-hybridized carbons (Fsp3) is 0.375. The average molecular weight is 212 g/mol. The third-order valence-electron chi connectivity index (χ3n) is 1.88. The maximum absolute atomic E-state index is 11.2. The van der Waals surface area contributed by atoms with E-state index >= 15 is 0 Å². The smallest absolute Gasteiger partial charge is 0.323 e. The molecule has 0 amide bonds. The number of nitrogens with one attached hydrogen (secondary N) is 1. The first-order valence-electron chi connectivity index (χ1n) is 4.36. The molecule has 82 valence electrons. The van der Waals surface area contributed by atoms with E-state index in [1.165, 1.54) is 11.2 Å². The van der Waals surface area contributed by atoms with Crippen molar-refractivity contribution in [2.45, 2.75) is 6.92 Å². The summed E-state index contributed by atoms with van der Waals surface area (Å²) in [6, 6.07) is 0. The molecule has 0 aromatic carbocycles. The Bertz CT molecular complexity index is 415. The summed E-state index contributed by atoms with van der Waals surface area (Å²) < 4.78 is 0. The van der Waals surface area contributed by atoms with Gasteiger partial charge in [-0.3, -0.25) is 9.59 Å². The third kappa shape index (κ3) is 2.46. The van der Waals surface area contributed by atoms with Gasteiger partial charge in [0, 0.05) is 6.54 Å². The summed E-state index contributed by atoms with van der Waals surface area (Å²) in [6.07, 6.45) is 1.19. The van der Waals surface area contributed by atoms with E-state index in [-0.39, 0.29) is 18.1 Å². The zero-order valence-corrected chi connectivity index (χ0v) is 8.23. The number of nitrogen functional groups attached to an aromatic ring is 1. The highest BCUT2D eigenvalue weighted by Gasteiger charge is 2.14. The van der Waals surface area contributed by atoms with E-state index in [1.54, 1.807) is 6.92 Å². The summed E-state index contributed by atoms with van der Waals surface area (Å²) >= 11 is 0. The number of H-pyrrole nitrogens is 1. The van der Waals surface area contributed by atoms with Crippen molar-refractivity contribution in [2.75, 3.05) is 23.7 Å². The van der Waals surface area contributed by atoms with Crippen LogP contribution in [-0.4, -0.2) is 34.1 Å².